The number of aliphatic imine (C=N–C) groups is 2. The fourth-order valence-corrected chi connectivity index (χ4v) is 2.31. The first kappa shape index (κ1) is 13.3. The average molecular weight is 272 g/mol. The Balaban J connectivity index is 1.92. The Morgan fingerprint density at radius 2 is 1.52 bits per heavy atom. The van der Waals surface area contributed by atoms with Crippen LogP contribution in [0.1, 0.15) is 11.1 Å². The second kappa shape index (κ2) is 6.14. The summed E-state index contributed by atoms with van der Waals surface area (Å²) in [7, 11) is 0. The molecule has 0 bridgehead atoms. The minimum Gasteiger partial charge on any atom is -0.261 e. The van der Waals surface area contributed by atoms with E-state index in [0.29, 0.717) is 12.4 Å². The van der Waals surface area contributed by atoms with Gasteiger partial charge in [0.05, 0.1) is 6.54 Å². The maximum Gasteiger partial charge on any atom is 0.154 e. The zero-order valence-electron chi connectivity index (χ0n) is 11.7. The van der Waals surface area contributed by atoms with Crippen LogP contribution in [0.4, 0.5) is 0 Å². The Kier molecular flexibility index (Phi) is 3.88. The molecule has 0 aromatic heterocycles. The number of nitrogens with zero attached hydrogens (tertiary/aromatic N) is 2. The van der Waals surface area contributed by atoms with Gasteiger partial charge in [-0.25, -0.2) is 4.99 Å². The third-order valence-corrected chi connectivity index (χ3v) is 3.41. The second-order valence-corrected chi connectivity index (χ2v) is 4.85. The summed E-state index contributed by atoms with van der Waals surface area (Å²) < 4.78 is 0. The van der Waals surface area contributed by atoms with Crippen LogP contribution in [0.25, 0.3) is 10.8 Å². The molecule has 3 aromatic carbocycles. The van der Waals surface area contributed by atoms with E-state index in [4.69, 9.17) is 0 Å². The van der Waals surface area contributed by atoms with Crippen LogP contribution < -0.4 is 0 Å². The molecule has 0 aliphatic carbocycles. The van der Waals surface area contributed by atoms with Crippen molar-refractivity contribution in [2.24, 2.45) is 9.98 Å². The van der Waals surface area contributed by atoms with Crippen molar-refractivity contribution in [1.29, 1.82) is 0 Å². The molecule has 0 amide bonds. The number of fused-ring (bicyclic) bond motifs is 1. The lowest BCUT2D eigenvalue weighted by atomic mass is 10.1. The number of amidine groups is 1. The van der Waals surface area contributed by atoms with Gasteiger partial charge >= 0.3 is 0 Å². The quantitative estimate of drug-likeness (QED) is 0.496. The molecule has 102 valence electrons. The van der Waals surface area contributed by atoms with Gasteiger partial charge < -0.3 is 0 Å². The number of hydrogen-bond donors (Lipinski definition) is 0. The van der Waals surface area contributed by atoms with E-state index in [1.165, 1.54) is 16.3 Å². The lowest BCUT2D eigenvalue weighted by Crippen LogP contribution is -1.97. The standard InChI is InChI=1S/C19H16N2/c1-20-19(21-14-15-7-3-2-4-8-15)18-12-11-16-9-5-6-10-17(16)13-18/h2-13H,1,14H2. The van der Waals surface area contributed by atoms with Gasteiger partial charge in [-0.05, 0) is 29.1 Å². The Labute approximate surface area is 124 Å². The third kappa shape index (κ3) is 3.06. The van der Waals surface area contributed by atoms with Crippen molar-refractivity contribution in [3.63, 3.8) is 0 Å². The van der Waals surface area contributed by atoms with Crippen LogP contribution in [0.5, 0.6) is 0 Å². The van der Waals surface area contributed by atoms with Crippen LogP contribution in [-0.4, -0.2) is 12.6 Å². The Bertz CT molecular complexity index is 789. The number of rotatable bonds is 3. The van der Waals surface area contributed by atoms with E-state index in [1.54, 1.807) is 0 Å². The maximum absolute atomic E-state index is 4.58. The first-order valence-electron chi connectivity index (χ1n) is 6.91. The van der Waals surface area contributed by atoms with Gasteiger partial charge in [-0.15, -0.1) is 0 Å². The molecule has 3 aromatic rings. The molecule has 0 spiro atoms. The van der Waals surface area contributed by atoms with E-state index in [2.05, 4.69) is 53.1 Å². The van der Waals surface area contributed by atoms with Crippen LogP contribution in [-0.2, 0) is 6.54 Å². The minimum atomic E-state index is 0.613. The monoisotopic (exact) mass is 272 g/mol. The molecule has 0 saturated carbocycles. The molecule has 3 rings (SSSR count). The highest BCUT2D eigenvalue weighted by Gasteiger charge is 2.02. The van der Waals surface area contributed by atoms with Gasteiger partial charge in [0, 0.05) is 5.56 Å². The van der Waals surface area contributed by atoms with Gasteiger partial charge in [0.2, 0.25) is 0 Å². The Hall–Kier alpha value is -2.74. The largest absolute Gasteiger partial charge is 0.261 e. The zero-order valence-corrected chi connectivity index (χ0v) is 11.7. The fraction of sp³-hybridized carbons (Fsp3) is 0.0526. The lowest BCUT2D eigenvalue weighted by molar-refractivity contribution is 1.06. The van der Waals surface area contributed by atoms with E-state index in [-0.39, 0.29) is 0 Å². The summed E-state index contributed by atoms with van der Waals surface area (Å²) in [6.07, 6.45) is 0. The first-order valence-corrected chi connectivity index (χ1v) is 6.91. The number of hydrogen-bond acceptors (Lipinski definition) is 1. The summed E-state index contributed by atoms with van der Waals surface area (Å²) >= 11 is 0. The van der Waals surface area contributed by atoms with E-state index in [9.17, 15) is 0 Å². The summed E-state index contributed by atoms with van der Waals surface area (Å²) in [4.78, 5) is 8.66. The molecular weight excluding hydrogens is 256 g/mol. The van der Waals surface area contributed by atoms with Gasteiger partial charge in [0.25, 0.3) is 0 Å². The van der Waals surface area contributed by atoms with Crippen molar-refractivity contribution < 1.29 is 0 Å². The van der Waals surface area contributed by atoms with Crippen molar-refractivity contribution in [3.8, 4) is 0 Å². The van der Waals surface area contributed by atoms with Crippen LogP contribution in [0, 0.1) is 0 Å². The van der Waals surface area contributed by atoms with E-state index < -0.39 is 0 Å². The topological polar surface area (TPSA) is 24.7 Å². The third-order valence-electron chi connectivity index (χ3n) is 3.41. The van der Waals surface area contributed by atoms with Crippen molar-refractivity contribution in [2.75, 3.05) is 0 Å². The molecule has 0 heterocycles. The smallest absolute Gasteiger partial charge is 0.154 e. The average Bonchev–Trinajstić information content (AvgIpc) is 2.56. The van der Waals surface area contributed by atoms with E-state index in [0.717, 1.165) is 5.56 Å². The van der Waals surface area contributed by atoms with Crippen molar-refractivity contribution in [1.82, 2.24) is 0 Å². The van der Waals surface area contributed by atoms with Crippen molar-refractivity contribution in [2.45, 2.75) is 6.54 Å². The van der Waals surface area contributed by atoms with Crippen molar-refractivity contribution in [3.05, 3.63) is 83.9 Å². The van der Waals surface area contributed by atoms with Gasteiger partial charge in [-0.3, -0.25) is 4.99 Å². The highest BCUT2D eigenvalue weighted by molar-refractivity contribution is 6.04. The molecule has 0 N–H and O–H groups in total. The first-order chi connectivity index (χ1) is 10.4. The van der Waals surface area contributed by atoms with Crippen LogP contribution in [0.3, 0.4) is 0 Å². The molecule has 0 fully saturated rings. The van der Waals surface area contributed by atoms with Gasteiger partial charge in [-0.2, -0.15) is 0 Å². The SMILES string of the molecule is C=NC(=NCc1ccccc1)c1ccc2ccccc2c1. The van der Waals surface area contributed by atoms with Crippen LogP contribution in [0.15, 0.2) is 82.8 Å². The summed E-state index contributed by atoms with van der Waals surface area (Å²) in [6, 6.07) is 24.7. The summed E-state index contributed by atoms with van der Waals surface area (Å²) in [5.41, 5.74) is 2.17. The summed E-state index contributed by atoms with van der Waals surface area (Å²) in [5, 5.41) is 2.40. The lowest BCUT2D eigenvalue weighted by Gasteiger charge is -2.04. The van der Waals surface area contributed by atoms with E-state index in [1.807, 2.05) is 36.4 Å². The molecule has 0 saturated heterocycles. The molecule has 21 heavy (non-hydrogen) atoms. The highest BCUT2D eigenvalue weighted by Crippen LogP contribution is 2.17. The second-order valence-electron chi connectivity index (χ2n) is 4.85. The molecule has 2 nitrogen and oxygen atoms in total. The predicted octanol–water partition coefficient (Wildman–Crippen LogP) is 4.49. The highest BCUT2D eigenvalue weighted by atomic mass is 14.9. The minimum absolute atomic E-state index is 0.613. The Morgan fingerprint density at radius 1 is 0.810 bits per heavy atom. The van der Waals surface area contributed by atoms with E-state index >= 15 is 0 Å². The van der Waals surface area contributed by atoms with Crippen molar-refractivity contribution >= 4 is 23.3 Å². The maximum atomic E-state index is 4.58. The molecule has 0 unspecified atom stereocenters. The van der Waals surface area contributed by atoms with Gasteiger partial charge in [0.1, 0.15) is 0 Å². The van der Waals surface area contributed by atoms with Gasteiger partial charge in [0.15, 0.2) is 5.84 Å². The molecule has 0 atom stereocenters. The zero-order chi connectivity index (χ0) is 14.5. The molecular formula is C19H16N2. The summed E-state index contributed by atoms with van der Waals surface area (Å²) in [6.45, 7) is 4.26. The normalized spacial score (nSPS) is 11.5. The molecule has 0 aliphatic heterocycles. The molecule has 0 aliphatic rings. The predicted molar refractivity (Wildman–Crippen MR) is 90.2 cm³/mol. The number of benzene rings is 3. The van der Waals surface area contributed by atoms with Crippen LogP contribution in [0.2, 0.25) is 0 Å². The molecule has 2 heteroatoms. The molecule has 0 radical (unpaired) electrons. The fourth-order valence-electron chi connectivity index (χ4n) is 2.31. The van der Waals surface area contributed by atoms with Crippen LogP contribution >= 0.6 is 0 Å². The Morgan fingerprint density at radius 3 is 2.29 bits per heavy atom. The summed E-state index contributed by atoms with van der Waals surface area (Å²) in [5.74, 6) is 0.685. The van der Waals surface area contributed by atoms with Gasteiger partial charge in [-0.1, -0.05) is 66.7 Å².